The molecule has 0 saturated carbocycles. The van der Waals surface area contributed by atoms with Gasteiger partial charge in [0.05, 0.1) is 0 Å². The molecule has 0 aliphatic heterocycles. The van der Waals surface area contributed by atoms with Gasteiger partial charge >= 0.3 is 11.9 Å². The summed E-state index contributed by atoms with van der Waals surface area (Å²) in [5.41, 5.74) is 1.23. The first kappa shape index (κ1) is 17.2. The Morgan fingerprint density at radius 2 is 1.76 bits per heavy atom. The first-order valence-corrected chi connectivity index (χ1v) is 9.72. The van der Waals surface area contributed by atoms with Crippen LogP contribution in [0.1, 0.15) is 19.4 Å². The summed E-state index contributed by atoms with van der Waals surface area (Å²) in [6, 6.07) is 12.6. The van der Waals surface area contributed by atoms with E-state index in [1.54, 1.807) is 0 Å². The third-order valence-corrected chi connectivity index (χ3v) is 8.05. The summed E-state index contributed by atoms with van der Waals surface area (Å²) in [6.07, 6.45) is 2.70. The molecule has 0 heterocycles. The highest BCUT2D eigenvalue weighted by Crippen LogP contribution is 2.24. The zero-order valence-corrected chi connectivity index (χ0v) is 13.5. The predicted octanol–water partition coefficient (Wildman–Crippen LogP) is 3.40. The van der Waals surface area contributed by atoms with Crippen molar-refractivity contribution >= 4 is 20.3 Å². The average molecular weight is 306 g/mol. The molecule has 0 fully saturated rings. The molecule has 4 nitrogen and oxygen atoms in total. The summed E-state index contributed by atoms with van der Waals surface area (Å²) in [5.74, 6) is -1.68. The van der Waals surface area contributed by atoms with E-state index in [9.17, 15) is 9.59 Å². The highest BCUT2D eigenvalue weighted by molar-refractivity contribution is 6.75. The van der Waals surface area contributed by atoms with Gasteiger partial charge in [0.15, 0.2) is 0 Å². The monoisotopic (exact) mass is 306 g/mol. The van der Waals surface area contributed by atoms with Gasteiger partial charge in [0.2, 0.25) is 0 Å². The normalized spacial score (nSPS) is 11.5. The molecular formula is C16H22O4Si. The number of aryl methyl sites for hydroxylation is 1. The van der Waals surface area contributed by atoms with Crippen LogP contribution in [0.15, 0.2) is 42.5 Å². The minimum Gasteiger partial charge on any atom is -0.516 e. The Labute approximate surface area is 126 Å². The van der Waals surface area contributed by atoms with Crippen molar-refractivity contribution in [3.8, 4) is 0 Å². The minimum absolute atomic E-state index is 0.541. The Morgan fingerprint density at radius 3 is 2.29 bits per heavy atom. The van der Waals surface area contributed by atoms with Crippen LogP contribution in [-0.4, -0.2) is 25.4 Å². The van der Waals surface area contributed by atoms with E-state index in [1.165, 1.54) is 5.56 Å². The van der Waals surface area contributed by atoms with Crippen molar-refractivity contribution in [2.75, 3.05) is 0 Å². The van der Waals surface area contributed by atoms with Gasteiger partial charge in [-0.3, -0.25) is 0 Å². The molecule has 1 aromatic rings. The van der Waals surface area contributed by atoms with Gasteiger partial charge < -0.3 is 9.53 Å². The average Bonchev–Trinajstić information content (AvgIpc) is 2.50. The van der Waals surface area contributed by atoms with Gasteiger partial charge in [-0.1, -0.05) is 44.2 Å². The van der Waals surface area contributed by atoms with Gasteiger partial charge in [-0.2, -0.15) is 0 Å². The Kier molecular flexibility index (Phi) is 6.88. The lowest BCUT2D eigenvalue weighted by Gasteiger charge is -2.28. The summed E-state index contributed by atoms with van der Waals surface area (Å²) in [6.45, 7) is 4.07. The van der Waals surface area contributed by atoms with Crippen molar-refractivity contribution in [3.63, 3.8) is 0 Å². The van der Waals surface area contributed by atoms with Crippen molar-refractivity contribution in [3.05, 3.63) is 48.0 Å². The maximum atomic E-state index is 11.8. The minimum atomic E-state index is -2.16. The van der Waals surface area contributed by atoms with E-state index in [0.29, 0.717) is 0 Å². The van der Waals surface area contributed by atoms with Crippen LogP contribution in [0.5, 0.6) is 0 Å². The van der Waals surface area contributed by atoms with Crippen LogP contribution in [0.2, 0.25) is 18.1 Å². The van der Waals surface area contributed by atoms with Crippen molar-refractivity contribution < 1.29 is 19.1 Å². The summed E-state index contributed by atoms with van der Waals surface area (Å²) < 4.78 is 5.66. The predicted molar refractivity (Wildman–Crippen MR) is 84.5 cm³/mol. The highest BCUT2D eigenvalue weighted by Gasteiger charge is 2.34. The Hall–Kier alpha value is -1.88. The van der Waals surface area contributed by atoms with Crippen LogP contribution in [0.4, 0.5) is 0 Å². The fourth-order valence-electron chi connectivity index (χ4n) is 2.20. The van der Waals surface area contributed by atoms with E-state index in [-0.39, 0.29) is 0 Å². The molecule has 0 aliphatic rings. The fourth-order valence-corrected chi connectivity index (χ4v) is 5.04. The van der Waals surface area contributed by atoms with Gasteiger partial charge in [-0.25, -0.2) is 9.59 Å². The lowest BCUT2D eigenvalue weighted by atomic mass is 10.2. The molecule has 0 saturated heterocycles. The summed E-state index contributed by atoms with van der Waals surface area (Å²) in [5, 5.41) is 8.54. The van der Waals surface area contributed by atoms with Crippen molar-refractivity contribution in [1.29, 1.82) is 0 Å². The number of aliphatic carboxylic acids is 1. The molecule has 1 N–H and O–H groups in total. The second-order valence-corrected chi connectivity index (χ2v) is 9.45. The molecule has 0 aliphatic carbocycles. The molecule has 1 aromatic carbocycles. The molecule has 21 heavy (non-hydrogen) atoms. The van der Waals surface area contributed by atoms with E-state index >= 15 is 0 Å². The number of rotatable bonds is 8. The van der Waals surface area contributed by atoms with Gasteiger partial charge in [0.1, 0.15) is 0 Å². The standard InChI is InChI=1S/C16H22O4Si/c1-3-21(4-2,20-16(19)11-10-15(17)18)13-12-14-8-6-5-7-9-14/h5-11H,3-4,12-13H2,1-2H3,(H,17,18)/b11-10-. The van der Waals surface area contributed by atoms with E-state index < -0.39 is 20.3 Å². The third kappa shape index (κ3) is 5.95. The van der Waals surface area contributed by atoms with Gasteiger partial charge in [0.25, 0.3) is 8.32 Å². The zero-order valence-electron chi connectivity index (χ0n) is 12.5. The first-order chi connectivity index (χ1) is 10.0. The van der Waals surface area contributed by atoms with Gasteiger partial charge in [-0.15, -0.1) is 0 Å². The topological polar surface area (TPSA) is 63.6 Å². The Balaban J connectivity index is 2.69. The molecular weight excluding hydrogens is 284 g/mol. The Morgan fingerprint density at radius 1 is 1.14 bits per heavy atom. The van der Waals surface area contributed by atoms with Crippen LogP contribution in [0, 0.1) is 0 Å². The van der Waals surface area contributed by atoms with Crippen LogP contribution < -0.4 is 0 Å². The molecule has 0 bridgehead atoms. The van der Waals surface area contributed by atoms with Crippen molar-refractivity contribution in [2.45, 2.75) is 38.4 Å². The maximum Gasteiger partial charge on any atom is 0.328 e. The van der Waals surface area contributed by atoms with Crippen LogP contribution in [0.25, 0.3) is 0 Å². The number of carboxylic acids is 1. The maximum absolute atomic E-state index is 11.8. The Bertz CT molecular complexity index is 492. The molecule has 1 rings (SSSR count). The lowest BCUT2D eigenvalue weighted by molar-refractivity contribution is -0.133. The highest BCUT2D eigenvalue weighted by atomic mass is 28.4. The van der Waals surface area contributed by atoms with Crippen molar-refractivity contribution in [1.82, 2.24) is 0 Å². The van der Waals surface area contributed by atoms with Crippen LogP contribution in [-0.2, 0) is 20.4 Å². The molecule has 0 atom stereocenters. The molecule has 0 aromatic heterocycles. The molecule has 0 radical (unpaired) electrons. The summed E-state index contributed by atoms with van der Waals surface area (Å²) in [4.78, 5) is 22.2. The SMILES string of the molecule is CC[Si](CC)(CCc1ccccc1)OC(=O)/C=C\C(=O)O. The van der Waals surface area contributed by atoms with E-state index in [0.717, 1.165) is 36.7 Å². The smallest absolute Gasteiger partial charge is 0.328 e. The number of benzene rings is 1. The second-order valence-electron chi connectivity index (χ2n) is 4.97. The second kappa shape index (κ2) is 8.41. The van der Waals surface area contributed by atoms with E-state index in [1.807, 2.05) is 32.0 Å². The number of carboxylic acid groups (broad SMARTS) is 1. The van der Waals surface area contributed by atoms with Gasteiger partial charge in [0, 0.05) is 12.2 Å². The molecule has 0 unspecified atom stereocenters. The number of hydrogen-bond donors (Lipinski definition) is 1. The van der Waals surface area contributed by atoms with Crippen LogP contribution >= 0.6 is 0 Å². The molecule has 0 amide bonds. The fraction of sp³-hybridized carbons (Fsp3) is 0.375. The molecule has 5 heteroatoms. The number of carbonyl (C=O) groups excluding carboxylic acids is 1. The molecule has 114 valence electrons. The third-order valence-electron chi connectivity index (χ3n) is 3.68. The zero-order chi connectivity index (χ0) is 15.7. The first-order valence-electron chi connectivity index (χ1n) is 7.19. The van der Waals surface area contributed by atoms with E-state index in [4.69, 9.17) is 9.53 Å². The van der Waals surface area contributed by atoms with Crippen molar-refractivity contribution in [2.24, 2.45) is 0 Å². The van der Waals surface area contributed by atoms with Gasteiger partial charge in [-0.05, 0) is 30.1 Å². The summed E-state index contributed by atoms with van der Waals surface area (Å²) >= 11 is 0. The quantitative estimate of drug-likeness (QED) is 0.590. The van der Waals surface area contributed by atoms with Crippen LogP contribution in [0.3, 0.4) is 0 Å². The molecule has 0 spiro atoms. The number of carbonyl (C=O) groups is 2. The summed E-state index contributed by atoms with van der Waals surface area (Å²) in [7, 11) is -2.16. The van der Waals surface area contributed by atoms with E-state index in [2.05, 4.69) is 12.1 Å². The largest absolute Gasteiger partial charge is 0.516 e. The lowest BCUT2D eigenvalue weighted by Crippen LogP contribution is -2.39. The number of hydrogen-bond acceptors (Lipinski definition) is 3.